The second-order valence-electron chi connectivity index (χ2n) is 6.90. The molecule has 7 nitrogen and oxygen atoms in total. The van der Waals surface area contributed by atoms with Gasteiger partial charge in [0.05, 0.1) is 30.8 Å². The van der Waals surface area contributed by atoms with E-state index in [4.69, 9.17) is 20.9 Å². The molecule has 0 aliphatic carbocycles. The van der Waals surface area contributed by atoms with Crippen LogP contribution in [-0.4, -0.2) is 24.1 Å². The van der Waals surface area contributed by atoms with Gasteiger partial charge in [-0.15, -0.1) is 0 Å². The summed E-state index contributed by atoms with van der Waals surface area (Å²) in [4.78, 5) is 16.2. The molecule has 0 spiro atoms. The minimum atomic E-state index is -0.428. The lowest BCUT2D eigenvalue weighted by Gasteiger charge is -2.19. The van der Waals surface area contributed by atoms with Crippen molar-refractivity contribution in [2.75, 3.05) is 18.5 Å². The van der Waals surface area contributed by atoms with Crippen LogP contribution in [0.4, 0.5) is 11.4 Å². The molecule has 3 rings (SSSR count). The highest BCUT2D eigenvalue weighted by Gasteiger charge is 2.16. The van der Waals surface area contributed by atoms with Crippen LogP contribution in [0, 0.1) is 6.92 Å². The number of carbonyl (C=O) groups excluding carboxylic acids is 1. The lowest BCUT2D eigenvalue weighted by atomic mass is 10.0. The van der Waals surface area contributed by atoms with Gasteiger partial charge in [0.25, 0.3) is 0 Å². The maximum Gasteiger partial charge on any atom is 0.221 e. The number of benzene rings is 2. The SMILES string of the molecule is CCOc1cc2ncc(CC(N)=O)c(Nc3cccc(CN)c3C)c2cc1OCC. The zero-order chi connectivity index (χ0) is 21.7. The molecule has 0 saturated heterocycles. The van der Waals surface area contributed by atoms with Crippen LogP contribution in [-0.2, 0) is 17.8 Å². The molecule has 5 N–H and O–H groups in total. The number of anilines is 2. The van der Waals surface area contributed by atoms with Crippen LogP contribution in [0.1, 0.15) is 30.5 Å². The van der Waals surface area contributed by atoms with E-state index in [-0.39, 0.29) is 6.42 Å². The fourth-order valence-electron chi connectivity index (χ4n) is 3.42. The minimum Gasteiger partial charge on any atom is -0.490 e. The number of fused-ring (bicyclic) bond motifs is 1. The number of nitrogens with two attached hydrogens (primary N) is 2. The third-order valence-corrected chi connectivity index (χ3v) is 4.90. The molecule has 1 heterocycles. The highest BCUT2D eigenvalue weighted by atomic mass is 16.5. The molecule has 0 atom stereocenters. The van der Waals surface area contributed by atoms with Crippen LogP contribution in [0.5, 0.6) is 11.5 Å². The predicted octanol–water partition coefficient (Wildman–Crippen LogP) is 3.57. The molecule has 30 heavy (non-hydrogen) atoms. The summed E-state index contributed by atoms with van der Waals surface area (Å²) in [6.07, 6.45) is 1.74. The quantitative estimate of drug-likeness (QED) is 0.499. The second kappa shape index (κ2) is 9.45. The zero-order valence-corrected chi connectivity index (χ0v) is 17.6. The molecule has 0 radical (unpaired) electrons. The summed E-state index contributed by atoms with van der Waals surface area (Å²) in [5, 5.41) is 4.30. The molecule has 3 aromatic rings. The van der Waals surface area contributed by atoms with E-state index in [9.17, 15) is 4.79 Å². The average Bonchev–Trinajstić information content (AvgIpc) is 2.72. The number of nitrogens with zero attached hydrogens (tertiary/aromatic N) is 1. The van der Waals surface area contributed by atoms with Crippen molar-refractivity contribution >= 4 is 28.2 Å². The standard InChI is InChI=1S/C23H28N4O3/c1-4-29-20-10-17-19(11-21(20)30-5-2)26-13-16(9-22(25)28)23(17)27-18-8-6-7-15(12-24)14(18)3/h6-8,10-11,13H,4-5,9,12,24H2,1-3H3,(H2,25,28)(H,26,27). The first kappa shape index (κ1) is 21.4. The molecule has 2 aromatic carbocycles. The van der Waals surface area contributed by atoms with E-state index < -0.39 is 5.91 Å². The fraction of sp³-hybridized carbons (Fsp3) is 0.304. The van der Waals surface area contributed by atoms with Crippen molar-refractivity contribution in [3.63, 3.8) is 0 Å². The number of hydrogen-bond donors (Lipinski definition) is 3. The summed E-state index contributed by atoms with van der Waals surface area (Å²) >= 11 is 0. The van der Waals surface area contributed by atoms with E-state index in [0.29, 0.717) is 36.8 Å². The number of ether oxygens (including phenoxy) is 2. The Morgan fingerprint density at radius 2 is 1.80 bits per heavy atom. The Hall–Kier alpha value is -3.32. The van der Waals surface area contributed by atoms with E-state index in [1.807, 2.05) is 51.1 Å². The van der Waals surface area contributed by atoms with E-state index in [0.717, 1.165) is 33.4 Å². The van der Waals surface area contributed by atoms with Gasteiger partial charge in [0.1, 0.15) is 0 Å². The van der Waals surface area contributed by atoms with Crippen LogP contribution in [0.2, 0.25) is 0 Å². The van der Waals surface area contributed by atoms with Gasteiger partial charge in [-0.1, -0.05) is 12.1 Å². The Balaban J connectivity index is 2.22. The second-order valence-corrected chi connectivity index (χ2v) is 6.90. The third-order valence-electron chi connectivity index (χ3n) is 4.90. The fourth-order valence-corrected chi connectivity index (χ4v) is 3.42. The summed E-state index contributed by atoms with van der Waals surface area (Å²) < 4.78 is 11.5. The third kappa shape index (κ3) is 4.46. The summed E-state index contributed by atoms with van der Waals surface area (Å²) in [6.45, 7) is 7.31. The largest absolute Gasteiger partial charge is 0.490 e. The number of carbonyl (C=O) groups is 1. The van der Waals surface area contributed by atoms with Crippen molar-refractivity contribution < 1.29 is 14.3 Å². The van der Waals surface area contributed by atoms with Gasteiger partial charge >= 0.3 is 0 Å². The topological polar surface area (TPSA) is 112 Å². The maximum absolute atomic E-state index is 11.7. The molecule has 0 aliphatic rings. The van der Waals surface area contributed by atoms with Crippen molar-refractivity contribution in [1.82, 2.24) is 4.98 Å². The van der Waals surface area contributed by atoms with Gasteiger partial charge in [0.2, 0.25) is 5.91 Å². The van der Waals surface area contributed by atoms with Gasteiger partial charge in [0, 0.05) is 35.4 Å². The highest BCUT2D eigenvalue weighted by molar-refractivity contribution is 5.98. The first-order valence-electron chi connectivity index (χ1n) is 10.0. The Kier molecular flexibility index (Phi) is 6.74. The normalized spacial score (nSPS) is 10.8. The molecular weight excluding hydrogens is 380 g/mol. The van der Waals surface area contributed by atoms with Crippen molar-refractivity contribution in [3.05, 3.63) is 53.2 Å². The molecule has 158 valence electrons. The molecule has 0 saturated carbocycles. The van der Waals surface area contributed by atoms with Crippen molar-refractivity contribution in [3.8, 4) is 11.5 Å². The van der Waals surface area contributed by atoms with Crippen LogP contribution in [0.3, 0.4) is 0 Å². The number of pyridine rings is 1. The van der Waals surface area contributed by atoms with E-state index >= 15 is 0 Å². The Morgan fingerprint density at radius 3 is 2.43 bits per heavy atom. The highest BCUT2D eigenvalue weighted by Crippen LogP contribution is 2.38. The smallest absolute Gasteiger partial charge is 0.221 e. The molecule has 7 heteroatoms. The van der Waals surface area contributed by atoms with E-state index in [1.54, 1.807) is 6.20 Å². The lowest BCUT2D eigenvalue weighted by Crippen LogP contribution is -2.15. The Bertz CT molecular complexity index is 1070. The van der Waals surface area contributed by atoms with Gasteiger partial charge in [-0.05, 0) is 44.0 Å². The molecule has 1 amide bonds. The van der Waals surface area contributed by atoms with Gasteiger partial charge in [-0.2, -0.15) is 0 Å². The van der Waals surface area contributed by atoms with Gasteiger partial charge in [-0.3, -0.25) is 9.78 Å². The Morgan fingerprint density at radius 1 is 1.10 bits per heavy atom. The summed E-state index contributed by atoms with van der Waals surface area (Å²) in [6, 6.07) is 9.68. The lowest BCUT2D eigenvalue weighted by molar-refractivity contribution is -0.117. The summed E-state index contributed by atoms with van der Waals surface area (Å²) in [5.41, 5.74) is 16.6. The summed E-state index contributed by atoms with van der Waals surface area (Å²) in [5.74, 6) is 0.831. The van der Waals surface area contributed by atoms with Gasteiger partial charge < -0.3 is 26.3 Å². The predicted molar refractivity (Wildman–Crippen MR) is 119 cm³/mol. The zero-order valence-electron chi connectivity index (χ0n) is 17.6. The van der Waals surface area contributed by atoms with Crippen molar-refractivity contribution in [2.45, 2.75) is 33.7 Å². The monoisotopic (exact) mass is 408 g/mol. The molecule has 0 aliphatic heterocycles. The van der Waals surface area contributed by atoms with Crippen LogP contribution in [0.25, 0.3) is 10.9 Å². The van der Waals surface area contributed by atoms with Crippen LogP contribution >= 0.6 is 0 Å². The maximum atomic E-state index is 11.7. The van der Waals surface area contributed by atoms with Gasteiger partial charge in [-0.25, -0.2) is 0 Å². The molecule has 0 fully saturated rings. The molecule has 0 bridgehead atoms. The number of aromatic nitrogens is 1. The van der Waals surface area contributed by atoms with Crippen molar-refractivity contribution in [2.24, 2.45) is 11.5 Å². The van der Waals surface area contributed by atoms with E-state index in [2.05, 4.69) is 10.3 Å². The minimum absolute atomic E-state index is 0.0675. The first-order chi connectivity index (χ1) is 14.5. The Labute approximate surface area is 176 Å². The average molecular weight is 409 g/mol. The molecular formula is C23H28N4O3. The number of primary amides is 1. The van der Waals surface area contributed by atoms with Gasteiger partial charge in [0.15, 0.2) is 11.5 Å². The van der Waals surface area contributed by atoms with Crippen molar-refractivity contribution in [1.29, 1.82) is 0 Å². The van der Waals surface area contributed by atoms with Crippen LogP contribution in [0.15, 0.2) is 36.5 Å². The molecule has 0 unspecified atom stereocenters. The number of nitrogens with one attached hydrogen (secondary N) is 1. The first-order valence-corrected chi connectivity index (χ1v) is 10.0. The number of rotatable bonds is 9. The molecule has 1 aromatic heterocycles. The van der Waals surface area contributed by atoms with Crippen LogP contribution < -0.4 is 26.3 Å². The number of hydrogen-bond acceptors (Lipinski definition) is 6. The van der Waals surface area contributed by atoms with E-state index in [1.165, 1.54) is 0 Å². The summed E-state index contributed by atoms with van der Waals surface area (Å²) in [7, 11) is 0. The number of amides is 1.